The third-order valence-electron chi connectivity index (χ3n) is 2.07. The maximum atomic E-state index is 5.45. The largest absolute Gasteiger partial charge is 0.330 e. The molecule has 1 heteroatoms. The molecule has 0 atom stereocenters. The van der Waals surface area contributed by atoms with Crippen LogP contribution in [0, 0.1) is 6.92 Å². The molecule has 0 spiro atoms. The van der Waals surface area contributed by atoms with Gasteiger partial charge in [-0.2, -0.15) is 0 Å². The monoisotopic (exact) mass is 175 g/mol. The average molecular weight is 175 g/mol. The van der Waals surface area contributed by atoms with E-state index in [9.17, 15) is 0 Å². The minimum atomic E-state index is 0.699. The van der Waals surface area contributed by atoms with Gasteiger partial charge in [0.25, 0.3) is 0 Å². The van der Waals surface area contributed by atoms with Gasteiger partial charge in [-0.05, 0) is 31.9 Å². The first-order valence-corrected chi connectivity index (χ1v) is 4.64. The van der Waals surface area contributed by atoms with Crippen molar-refractivity contribution in [3.63, 3.8) is 0 Å². The molecular weight excluding hydrogens is 158 g/mol. The van der Waals surface area contributed by atoms with Gasteiger partial charge in [-0.25, -0.2) is 0 Å². The molecule has 0 bridgehead atoms. The van der Waals surface area contributed by atoms with E-state index < -0.39 is 0 Å². The van der Waals surface area contributed by atoms with Crippen molar-refractivity contribution in [3.05, 3.63) is 47.5 Å². The van der Waals surface area contributed by atoms with Crippen LogP contribution in [0.25, 0.3) is 0 Å². The molecule has 70 valence electrons. The molecule has 0 amide bonds. The summed E-state index contributed by atoms with van der Waals surface area (Å²) in [5.41, 5.74) is 9.28. The Balaban J connectivity index is 2.54. The topological polar surface area (TPSA) is 26.0 Å². The van der Waals surface area contributed by atoms with Crippen LogP contribution in [0.2, 0.25) is 0 Å². The summed E-state index contributed by atoms with van der Waals surface area (Å²) in [7, 11) is 0. The van der Waals surface area contributed by atoms with E-state index in [-0.39, 0.29) is 0 Å². The Labute approximate surface area is 80.3 Å². The van der Waals surface area contributed by atoms with Crippen LogP contribution in [0.5, 0.6) is 0 Å². The number of aryl methyl sites for hydroxylation is 1. The van der Waals surface area contributed by atoms with Crippen molar-refractivity contribution in [2.45, 2.75) is 19.8 Å². The van der Waals surface area contributed by atoms with Gasteiger partial charge in [-0.1, -0.05) is 42.0 Å². The normalized spacial score (nSPS) is 10.0. The van der Waals surface area contributed by atoms with Crippen molar-refractivity contribution >= 4 is 0 Å². The van der Waals surface area contributed by atoms with Crippen LogP contribution in [-0.2, 0) is 6.42 Å². The second-order valence-electron chi connectivity index (χ2n) is 3.45. The van der Waals surface area contributed by atoms with Crippen LogP contribution in [0.15, 0.2) is 36.4 Å². The Morgan fingerprint density at radius 3 is 2.46 bits per heavy atom. The number of benzene rings is 1. The van der Waals surface area contributed by atoms with E-state index in [0.717, 1.165) is 12.8 Å². The molecule has 0 saturated carbocycles. The highest BCUT2D eigenvalue weighted by Gasteiger charge is 1.95. The predicted molar refractivity (Wildman–Crippen MR) is 57.7 cm³/mol. The molecule has 0 unspecified atom stereocenters. The van der Waals surface area contributed by atoms with Crippen LogP contribution < -0.4 is 5.73 Å². The van der Waals surface area contributed by atoms with Gasteiger partial charge >= 0.3 is 0 Å². The maximum Gasteiger partial charge on any atom is -0.00399 e. The lowest BCUT2D eigenvalue weighted by atomic mass is 10.0. The number of rotatable bonds is 4. The van der Waals surface area contributed by atoms with Crippen molar-refractivity contribution < 1.29 is 0 Å². The smallest absolute Gasteiger partial charge is 0.00399 e. The van der Waals surface area contributed by atoms with E-state index in [1.165, 1.54) is 16.7 Å². The van der Waals surface area contributed by atoms with E-state index in [4.69, 9.17) is 5.73 Å². The molecule has 2 N–H and O–H groups in total. The molecular formula is C12H17N. The minimum absolute atomic E-state index is 0.699. The summed E-state index contributed by atoms with van der Waals surface area (Å²) in [6.45, 7) is 6.78. The zero-order chi connectivity index (χ0) is 9.68. The van der Waals surface area contributed by atoms with Crippen molar-refractivity contribution in [1.82, 2.24) is 0 Å². The Morgan fingerprint density at radius 2 is 1.92 bits per heavy atom. The fourth-order valence-electron chi connectivity index (χ4n) is 1.29. The van der Waals surface area contributed by atoms with Gasteiger partial charge in [0.1, 0.15) is 0 Å². The van der Waals surface area contributed by atoms with Gasteiger partial charge in [0.15, 0.2) is 0 Å². The van der Waals surface area contributed by atoms with Crippen LogP contribution in [0.3, 0.4) is 0 Å². The summed E-state index contributed by atoms with van der Waals surface area (Å²) in [5, 5.41) is 0. The highest BCUT2D eigenvalue weighted by Crippen LogP contribution is 2.09. The Hall–Kier alpha value is -1.08. The fourth-order valence-corrected chi connectivity index (χ4v) is 1.29. The van der Waals surface area contributed by atoms with Gasteiger partial charge in [-0.15, -0.1) is 0 Å². The summed E-state index contributed by atoms with van der Waals surface area (Å²) in [4.78, 5) is 0. The minimum Gasteiger partial charge on any atom is -0.330 e. The zero-order valence-electron chi connectivity index (χ0n) is 8.22. The Kier molecular flexibility index (Phi) is 3.71. The van der Waals surface area contributed by atoms with Crippen LogP contribution in [0.1, 0.15) is 17.5 Å². The van der Waals surface area contributed by atoms with E-state index in [1.807, 2.05) is 0 Å². The molecule has 1 aromatic rings. The van der Waals surface area contributed by atoms with E-state index in [1.54, 1.807) is 0 Å². The van der Waals surface area contributed by atoms with Gasteiger partial charge in [-0.3, -0.25) is 0 Å². The molecule has 0 radical (unpaired) electrons. The second kappa shape index (κ2) is 4.83. The van der Waals surface area contributed by atoms with E-state index in [0.29, 0.717) is 6.54 Å². The van der Waals surface area contributed by atoms with E-state index >= 15 is 0 Å². The summed E-state index contributed by atoms with van der Waals surface area (Å²) >= 11 is 0. The highest BCUT2D eigenvalue weighted by atomic mass is 14.5. The Bertz CT molecular complexity index is 272. The van der Waals surface area contributed by atoms with Crippen molar-refractivity contribution in [2.24, 2.45) is 5.73 Å². The Morgan fingerprint density at radius 1 is 1.31 bits per heavy atom. The average Bonchev–Trinajstić information content (AvgIpc) is 2.09. The maximum absolute atomic E-state index is 5.45. The molecule has 0 saturated heterocycles. The SMILES string of the molecule is C=C(CCN)Cc1ccc(C)cc1. The van der Waals surface area contributed by atoms with Gasteiger partial charge in [0, 0.05) is 0 Å². The highest BCUT2D eigenvalue weighted by molar-refractivity contribution is 5.24. The molecule has 0 aliphatic heterocycles. The summed E-state index contributed by atoms with van der Waals surface area (Å²) < 4.78 is 0. The first-order valence-electron chi connectivity index (χ1n) is 4.64. The number of hydrogen-bond donors (Lipinski definition) is 1. The zero-order valence-corrected chi connectivity index (χ0v) is 8.22. The molecule has 1 rings (SSSR count). The number of nitrogens with two attached hydrogens (primary N) is 1. The predicted octanol–water partition coefficient (Wildman–Crippen LogP) is 2.44. The van der Waals surface area contributed by atoms with Gasteiger partial charge in [0.05, 0.1) is 0 Å². The first-order chi connectivity index (χ1) is 6.22. The molecule has 1 aromatic carbocycles. The second-order valence-corrected chi connectivity index (χ2v) is 3.45. The lowest BCUT2D eigenvalue weighted by Crippen LogP contribution is -2.01. The third-order valence-corrected chi connectivity index (χ3v) is 2.07. The molecule has 13 heavy (non-hydrogen) atoms. The van der Waals surface area contributed by atoms with Crippen molar-refractivity contribution in [2.75, 3.05) is 6.54 Å². The van der Waals surface area contributed by atoms with Crippen LogP contribution in [-0.4, -0.2) is 6.54 Å². The number of hydrogen-bond acceptors (Lipinski definition) is 1. The first kappa shape index (κ1) is 10.0. The van der Waals surface area contributed by atoms with Crippen LogP contribution in [0.4, 0.5) is 0 Å². The lowest BCUT2D eigenvalue weighted by molar-refractivity contribution is 0.913. The van der Waals surface area contributed by atoms with E-state index in [2.05, 4.69) is 37.8 Å². The molecule has 0 heterocycles. The molecule has 0 fully saturated rings. The lowest BCUT2D eigenvalue weighted by Gasteiger charge is -2.04. The summed E-state index contributed by atoms with van der Waals surface area (Å²) in [6, 6.07) is 8.56. The van der Waals surface area contributed by atoms with Crippen LogP contribution >= 0.6 is 0 Å². The summed E-state index contributed by atoms with van der Waals surface area (Å²) in [5.74, 6) is 0. The fraction of sp³-hybridized carbons (Fsp3) is 0.333. The van der Waals surface area contributed by atoms with Gasteiger partial charge in [0.2, 0.25) is 0 Å². The standard InChI is InChI=1S/C12H17N/c1-10-3-5-12(6-4-10)9-11(2)7-8-13/h3-6H,2,7-9,13H2,1H3. The summed E-state index contributed by atoms with van der Waals surface area (Å²) in [6.07, 6.45) is 1.88. The van der Waals surface area contributed by atoms with Crippen molar-refractivity contribution in [3.8, 4) is 0 Å². The van der Waals surface area contributed by atoms with Crippen molar-refractivity contribution in [1.29, 1.82) is 0 Å². The quantitative estimate of drug-likeness (QED) is 0.699. The molecule has 0 aliphatic carbocycles. The molecule has 1 nitrogen and oxygen atoms in total. The molecule has 0 aromatic heterocycles. The molecule has 0 aliphatic rings. The van der Waals surface area contributed by atoms with Gasteiger partial charge < -0.3 is 5.73 Å². The third kappa shape index (κ3) is 3.43.